The molecule has 19 heavy (non-hydrogen) atoms. The summed E-state index contributed by atoms with van der Waals surface area (Å²) >= 11 is 0. The number of amides is 1. The summed E-state index contributed by atoms with van der Waals surface area (Å²) in [7, 11) is 0. The van der Waals surface area contributed by atoms with Crippen LogP contribution in [0.3, 0.4) is 0 Å². The second kappa shape index (κ2) is 4.04. The van der Waals surface area contributed by atoms with Crippen molar-refractivity contribution in [3.05, 3.63) is 35.2 Å². The van der Waals surface area contributed by atoms with Gasteiger partial charge in [-0.2, -0.15) is 5.21 Å². The Bertz CT molecular complexity index is 619. The molecule has 0 radical (unpaired) electrons. The average molecular weight is 259 g/mol. The van der Waals surface area contributed by atoms with Crippen molar-refractivity contribution in [2.24, 2.45) is 0 Å². The number of phenols is 1. The van der Waals surface area contributed by atoms with Crippen molar-refractivity contribution in [3.8, 4) is 5.75 Å². The molecule has 7 nitrogen and oxygen atoms in total. The second-order valence-electron chi connectivity index (χ2n) is 4.77. The summed E-state index contributed by atoms with van der Waals surface area (Å²) in [5, 5.41) is 26.1. The van der Waals surface area contributed by atoms with Crippen LogP contribution >= 0.6 is 0 Å². The Morgan fingerprint density at radius 1 is 1.47 bits per heavy atom. The number of aromatic amines is 1. The third-order valence-corrected chi connectivity index (χ3v) is 3.34. The van der Waals surface area contributed by atoms with Crippen molar-refractivity contribution in [1.29, 1.82) is 0 Å². The third-order valence-electron chi connectivity index (χ3n) is 3.34. The van der Waals surface area contributed by atoms with E-state index in [1.807, 2.05) is 6.92 Å². The number of aromatic nitrogens is 4. The fourth-order valence-corrected chi connectivity index (χ4v) is 2.03. The maximum absolute atomic E-state index is 12.3. The van der Waals surface area contributed by atoms with E-state index in [-0.39, 0.29) is 11.7 Å². The number of aryl methyl sites for hydroxylation is 1. The molecule has 1 aliphatic carbocycles. The van der Waals surface area contributed by atoms with Gasteiger partial charge in [-0.15, -0.1) is 10.2 Å². The van der Waals surface area contributed by atoms with Gasteiger partial charge in [-0.25, -0.2) is 0 Å². The van der Waals surface area contributed by atoms with Gasteiger partial charge in [-0.1, -0.05) is 11.3 Å². The Morgan fingerprint density at radius 3 is 2.89 bits per heavy atom. The molecule has 7 heteroatoms. The quantitative estimate of drug-likeness (QED) is 0.750. The van der Waals surface area contributed by atoms with Gasteiger partial charge >= 0.3 is 0 Å². The molecule has 1 amide bonds. The highest BCUT2D eigenvalue weighted by molar-refractivity contribution is 5.96. The van der Waals surface area contributed by atoms with Crippen LogP contribution in [-0.2, 0) is 5.54 Å². The highest BCUT2D eigenvalue weighted by atomic mass is 16.3. The van der Waals surface area contributed by atoms with E-state index in [1.54, 1.807) is 12.1 Å². The van der Waals surface area contributed by atoms with Crippen molar-refractivity contribution in [2.45, 2.75) is 25.3 Å². The third kappa shape index (κ3) is 2.03. The van der Waals surface area contributed by atoms with Gasteiger partial charge in [0.1, 0.15) is 11.3 Å². The molecule has 0 aliphatic heterocycles. The average Bonchev–Trinajstić information content (AvgIpc) is 2.95. The van der Waals surface area contributed by atoms with Crippen LogP contribution in [0.2, 0.25) is 0 Å². The van der Waals surface area contributed by atoms with E-state index in [9.17, 15) is 9.90 Å². The lowest BCUT2D eigenvalue weighted by atomic mass is 10.1. The fourth-order valence-electron chi connectivity index (χ4n) is 2.03. The molecule has 3 rings (SSSR count). The van der Waals surface area contributed by atoms with Gasteiger partial charge in [0.25, 0.3) is 5.91 Å². The normalized spacial score (nSPS) is 16.1. The molecule has 1 heterocycles. The van der Waals surface area contributed by atoms with E-state index in [0.717, 1.165) is 18.4 Å². The summed E-state index contributed by atoms with van der Waals surface area (Å²) in [6, 6.07) is 4.72. The minimum Gasteiger partial charge on any atom is -0.508 e. The van der Waals surface area contributed by atoms with Crippen molar-refractivity contribution < 1.29 is 9.90 Å². The number of nitrogens with zero attached hydrogens (tertiary/aromatic N) is 3. The molecule has 1 saturated carbocycles. The number of rotatable bonds is 3. The minimum atomic E-state index is -0.512. The van der Waals surface area contributed by atoms with Gasteiger partial charge < -0.3 is 10.4 Å². The number of aromatic hydroxyl groups is 1. The summed E-state index contributed by atoms with van der Waals surface area (Å²) in [6.45, 7) is 1.82. The van der Waals surface area contributed by atoms with E-state index in [1.165, 1.54) is 6.07 Å². The SMILES string of the molecule is Cc1ccc(O)cc1C(=O)NC1(c2nn[nH]n2)CC1. The van der Waals surface area contributed by atoms with Gasteiger partial charge in [0.2, 0.25) is 0 Å². The number of carbonyl (C=O) groups excluding carboxylic acids is 1. The molecule has 0 spiro atoms. The Morgan fingerprint density at radius 2 is 2.26 bits per heavy atom. The molecule has 3 N–H and O–H groups in total. The van der Waals surface area contributed by atoms with Crippen molar-refractivity contribution >= 4 is 5.91 Å². The zero-order chi connectivity index (χ0) is 13.5. The molecule has 1 aromatic heterocycles. The van der Waals surface area contributed by atoms with Gasteiger partial charge in [-0.3, -0.25) is 4.79 Å². The highest BCUT2D eigenvalue weighted by Crippen LogP contribution is 2.43. The van der Waals surface area contributed by atoms with Gasteiger partial charge in [-0.05, 0) is 37.5 Å². The maximum Gasteiger partial charge on any atom is 0.252 e. The van der Waals surface area contributed by atoms with E-state index < -0.39 is 5.54 Å². The van der Waals surface area contributed by atoms with E-state index in [4.69, 9.17) is 0 Å². The summed E-state index contributed by atoms with van der Waals surface area (Å²) in [4.78, 5) is 12.3. The van der Waals surface area contributed by atoms with Gasteiger partial charge in [0, 0.05) is 5.56 Å². The van der Waals surface area contributed by atoms with Crippen molar-refractivity contribution in [3.63, 3.8) is 0 Å². The Labute approximate surface area is 109 Å². The fraction of sp³-hybridized carbons (Fsp3) is 0.333. The Hall–Kier alpha value is -2.44. The largest absolute Gasteiger partial charge is 0.508 e. The number of nitrogens with one attached hydrogen (secondary N) is 2. The highest BCUT2D eigenvalue weighted by Gasteiger charge is 2.49. The van der Waals surface area contributed by atoms with Crippen LogP contribution in [0, 0.1) is 6.92 Å². The van der Waals surface area contributed by atoms with Gasteiger partial charge in [0.15, 0.2) is 5.82 Å². The molecule has 1 aromatic carbocycles. The first-order valence-corrected chi connectivity index (χ1v) is 5.97. The molecule has 1 aliphatic rings. The lowest BCUT2D eigenvalue weighted by molar-refractivity contribution is 0.0927. The molecule has 1 fully saturated rings. The number of hydrogen-bond acceptors (Lipinski definition) is 5. The number of hydrogen-bond donors (Lipinski definition) is 3. The molecule has 0 unspecified atom stereocenters. The standard InChI is InChI=1S/C12H13N5O2/c1-7-2-3-8(18)6-9(7)10(19)13-12(4-5-12)11-14-16-17-15-11/h2-3,6,18H,4-5H2,1H3,(H,13,19)(H,14,15,16,17). The molecule has 0 saturated heterocycles. The molecule has 98 valence electrons. The van der Waals surface area contributed by atoms with Crippen molar-refractivity contribution in [2.75, 3.05) is 0 Å². The number of tetrazole rings is 1. The number of H-pyrrole nitrogens is 1. The minimum absolute atomic E-state index is 0.0696. The molecule has 0 bridgehead atoms. The lowest BCUT2D eigenvalue weighted by Crippen LogP contribution is -2.36. The van der Waals surface area contributed by atoms with Crippen LogP contribution in [0.5, 0.6) is 5.75 Å². The van der Waals surface area contributed by atoms with E-state index in [0.29, 0.717) is 11.4 Å². The summed E-state index contributed by atoms with van der Waals surface area (Å²) in [5.41, 5.74) is 0.746. The zero-order valence-electron chi connectivity index (χ0n) is 10.3. The van der Waals surface area contributed by atoms with Crippen LogP contribution in [0.1, 0.15) is 34.6 Å². The molecular formula is C12H13N5O2. The van der Waals surface area contributed by atoms with E-state index >= 15 is 0 Å². The summed E-state index contributed by atoms with van der Waals surface area (Å²) in [6.07, 6.45) is 1.58. The molecule has 2 aromatic rings. The van der Waals surface area contributed by atoms with Crippen LogP contribution in [0.25, 0.3) is 0 Å². The summed E-state index contributed by atoms with van der Waals surface area (Å²) < 4.78 is 0. The predicted octanol–water partition coefficient (Wildman–Crippen LogP) is 0.633. The molecular weight excluding hydrogens is 246 g/mol. The van der Waals surface area contributed by atoms with Crippen LogP contribution in [0.15, 0.2) is 18.2 Å². The monoisotopic (exact) mass is 259 g/mol. The van der Waals surface area contributed by atoms with E-state index in [2.05, 4.69) is 25.9 Å². The maximum atomic E-state index is 12.3. The van der Waals surface area contributed by atoms with Crippen LogP contribution in [0.4, 0.5) is 0 Å². The molecule has 0 atom stereocenters. The lowest BCUT2D eigenvalue weighted by Gasteiger charge is -2.14. The first-order chi connectivity index (χ1) is 9.11. The predicted molar refractivity (Wildman–Crippen MR) is 65.4 cm³/mol. The van der Waals surface area contributed by atoms with Crippen LogP contribution in [-0.4, -0.2) is 31.6 Å². The zero-order valence-corrected chi connectivity index (χ0v) is 10.3. The smallest absolute Gasteiger partial charge is 0.252 e. The first-order valence-electron chi connectivity index (χ1n) is 5.97. The Kier molecular flexibility index (Phi) is 2.48. The number of phenolic OH excluding ortho intramolecular Hbond substituents is 1. The Balaban J connectivity index is 1.84. The van der Waals surface area contributed by atoms with Crippen LogP contribution < -0.4 is 5.32 Å². The first kappa shape index (κ1) is 11.6. The van der Waals surface area contributed by atoms with Gasteiger partial charge in [0.05, 0.1) is 0 Å². The second-order valence-corrected chi connectivity index (χ2v) is 4.77. The summed E-state index contributed by atoms with van der Waals surface area (Å²) in [5.74, 6) is 0.328. The van der Waals surface area contributed by atoms with Crippen molar-refractivity contribution in [1.82, 2.24) is 25.9 Å². The topological polar surface area (TPSA) is 104 Å². The number of carbonyl (C=O) groups is 1. The number of benzene rings is 1.